The third-order valence-corrected chi connectivity index (χ3v) is 2.60. The standard InChI is InChI=1S/C16H12F4/c1-3-11-5-7-12(8-6-11)9-10-14(18)16(20)15(19)13(17)4-2/h2-3,5-8H,1,9-10H2/b15-13-,16-14-. The highest BCUT2D eigenvalue weighted by molar-refractivity contribution is 5.47. The van der Waals surface area contributed by atoms with Gasteiger partial charge >= 0.3 is 0 Å². The van der Waals surface area contributed by atoms with Gasteiger partial charge in [0.05, 0.1) is 0 Å². The van der Waals surface area contributed by atoms with E-state index in [0.717, 1.165) is 11.1 Å². The highest BCUT2D eigenvalue weighted by Gasteiger charge is 2.16. The molecule has 1 aromatic rings. The lowest BCUT2D eigenvalue weighted by atomic mass is 10.1. The zero-order chi connectivity index (χ0) is 15.1. The molecule has 0 aliphatic heterocycles. The van der Waals surface area contributed by atoms with Crippen LogP contribution in [0.15, 0.2) is 54.2 Å². The number of aryl methyl sites for hydroxylation is 1. The van der Waals surface area contributed by atoms with Gasteiger partial charge in [-0.3, -0.25) is 0 Å². The first-order valence-corrected chi connectivity index (χ1v) is 5.77. The summed E-state index contributed by atoms with van der Waals surface area (Å²) < 4.78 is 52.1. The summed E-state index contributed by atoms with van der Waals surface area (Å²) in [6.07, 6.45) is 5.98. The Morgan fingerprint density at radius 1 is 1.10 bits per heavy atom. The number of hydrogen-bond acceptors (Lipinski definition) is 0. The zero-order valence-corrected chi connectivity index (χ0v) is 10.6. The van der Waals surface area contributed by atoms with Crippen LogP contribution in [-0.2, 0) is 6.42 Å². The minimum Gasteiger partial charge on any atom is -0.208 e. The van der Waals surface area contributed by atoms with Gasteiger partial charge < -0.3 is 0 Å². The lowest BCUT2D eigenvalue weighted by Crippen LogP contribution is -1.90. The Bertz CT molecular complexity index is 586. The van der Waals surface area contributed by atoms with Crippen LogP contribution >= 0.6 is 0 Å². The van der Waals surface area contributed by atoms with Crippen LogP contribution in [-0.4, -0.2) is 0 Å². The SMILES string of the molecule is C#C/C(F)=C(F)\C(F)=C(\F)CCc1ccc(C=C)cc1. The van der Waals surface area contributed by atoms with Crippen molar-refractivity contribution in [3.05, 3.63) is 65.3 Å². The largest absolute Gasteiger partial charge is 0.211 e. The number of halogens is 4. The molecule has 20 heavy (non-hydrogen) atoms. The van der Waals surface area contributed by atoms with Gasteiger partial charge in [-0.2, -0.15) is 8.78 Å². The Balaban J connectivity index is 2.78. The van der Waals surface area contributed by atoms with Crippen molar-refractivity contribution in [2.24, 2.45) is 0 Å². The Morgan fingerprint density at radius 3 is 2.20 bits per heavy atom. The summed E-state index contributed by atoms with van der Waals surface area (Å²) in [7, 11) is 0. The Morgan fingerprint density at radius 2 is 1.70 bits per heavy atom. The number of hydrogen-bond donors (Lipinski definition) is 0. The molecule has 0 fully saturated rings. The van der Waals surface area contributed by atoms with Crippen LogP contribution in [0.25, 0.3) is 6.08 Å². The predicted octanol–water partition coefficient (Wildman–Crippen LogP) is 5.20. The van der Waals surface area contributed by atoms with E-state index in [1.807, 2.05) is 0 Å². The summed E-state index contributed by atoms with van der Waals surface area (Å²) in [6, 6.07) is 6.96. The molecule has 0 N–H and O–H groups in total. The summed E-state index contributed by atoms with van der Waals surface area (Å²) in [6.45, 7) is 3.59. The topological polar surface area (TPSA) is 0 Å². The fraction of sp³-hybridized carbons (Fsp3) is 0.125. The van der Waals surface area contributed by atoms with E-state index >= 15 is 0 Å². The maximum atomic E-state index is 13.4. The zero-order valence-electron chi connectivity index (χ0n) is 10.6. The molecule has 0 spiro atoms. The van der Waals surface area contributed by atoms with Crippen LogP contribution in [0.4, 0.5) is 17.6 Å². The van der Waals surface area contributed by atoms with E-state index in [1.54, 1.807) is 30.3 Å². The fourth-order valence-electron chi connectivity index (χ4n) is 1.46. The average molecular weight is 280 g/mol. The second-order valence-electron chi connectivity index (χ2n) is 3.94. The van der Waals surface area contributed by atoms with E-state index in [-0.39, 0.29) is 12.8 Å². The average Bonchev–Trinajstić information content (AvgIpc) is 2.50. The first kappa shape index (κ1) is 15.8. The van der Waals surface area contributed by atoms with Crippen LogP contribution in [0.1, 0.15) is 17.5 Å². The molecule has 104 valence electrons. The molecule has 0 aromatic heterocycles. The molecule has 0 aliphatic rings. The smallest absolute Gasteiger partial charge is 0.208 e. The van der Waals surface area contributed by atoms with E-state index in [4.69, 9.17) is 0 Å². The second-order valence-corrected chi connectivity index (χ2v) is 3.94. The third kappa shape index (κ3) is 4.13. The molecular weight excluding hydrogens is 268 g/mol. The van der Waals surface area contributed by atoms with E-state index in [0.29, 0.717) is 0 Å². The third-order valence-electron chi connectivity index (χ3n) is 2.60. The Kier molecular flexibility index (Phi) is 5.79. The maximum Gasteiger partial charge on any atom is 0.211 e. The van der Waals surface area contributed by atoms with Gasteiger partial charge in [0, 0.05) is 6.42 Å². The Labute approximate surface area is 115 Å². The summed E-state index contributed by atoms with van der Waals surface area (Å²) in [4.78, 5) is 0. The minimum atomic E-state index is -1.98. The first-order valence-electron chi connectivity index (χ1n) is 5.77. The van der Waals surface area contributed by atoms with Gasteiger partial charge in [0.1, 0.15) is 5.83 Å². The van der Waals surface area contributed by atoms with Crippen molar-refractivity contribution in [3.63, 3.8) is 0 Å². The number of rotatable bonds is 5. The van der Waals surface area contributed by atoms with Crippen molar-refractivity contribution in [3.8, 4) is 12.3 Å². The van der Waals surface area contributed by atoms with Crippen molar-refractivity contribution in [2.45, 2.75) is 12.8 Å². The van der Waals surface area contributed by atoms with Gasteiger partial charge in [-0.05, 0) is 23.5 Å². The van der Waals surface area contributed by atoms with E-state index in [9.17, 15) is 17.6 Å². The predicted molar refractivity (Wildman–Crippen MR) is 72.2 cm³/mol. The van der Waals surface area contributed by atoms with Crippen LogP contribution in [0.3, 0.4) is 0 Å². The van der Waals surface area contributed by atoms with Gasteiger partial charge in [-0.1, -0.05) is 36.9 Å². The Hall–Kier alpha value is -2.28. The summed E-state index contributed by atoms with van der Waals surface area (Å²) in [5.41, 5.74) is 1.63. The van der Waals surface area contributed by atoms with E-state index in [1.165, 1.54) is 5.92 Å². The van der Waals surface area contributed by atoms with Crippen LogP contribution in [0.5, 0.6) is 0 Å². The highest BCUT2D eigenvalue weighted by Crippen LogP contribution is 2.25. The van der Waals surface area contributed by atoms with Crippen molar-refractivity contribution in [1.82, 2.24) is 0 Å². The molecular formula is C16H12F4. The number of allylic oxidation sites excluding steroid dienone is 4. The first-order chi connectivity index (χ1) is 9.49. The minimum absolute atomic E-state index is 0.154. The molecule has 0 aliphatic carbocycles. The molecule has 0 saturated carbocycles. The van der Waals surface area contributed by atoms with Crippen molar-refractivity contribution in [2.75, 3.05) is 0 Å². The lowest BCUT2D eigenvalue weighted by molar-refractivity contribution is 0.459. The van der Waals surface area contributed by atoms with Gasteiger partial charge in [0.2, 0.25) is 11.7 Å². The van der Waals surface area contributed by atoms with E-state index in [2.05, 4.69) is 13.0 Å². The van der Waals surface area contributed by atoms with Gasteiger partial charge in [0.25, 0.3) is 0 Å². The fourth-order valence-corrected chi connectivity index (χ4v) is 1.46. The molecule has 0 amide bonds. The maximum absolute atomic E-state index is 13.4. The lowest BCUT2D eigenvalue weighted by Gasteiger charge is -2.02. The molecule has 0 bridgehead atoms. The number of benzene rings is 1. The molecule has 4 heteroatoms. The molecule has 1 rings (SSSR count). The molecule has 0 nitrogen and oxygen atoms in total. The molecule has 0 saturated heterocycles. The van der Waals surface area contributed by atoms with Crippen molar-refractivity contribution < 1.29 is 17.6 Å². The summed E-state index contributed by atoms with van der Waals surface area (Å²) in [5.74, 6) is -5.72. The van der Waals surface area contributed by atoms with Crippen molar-refractivity contribution >= 4 is 6.08 Å². The van der Waals surface area contributed by atoms with E-state index < -0.39 is 23.3 Å². The number of terminal acetylenes is 1. The molecule has 0 unspecified atom stereocenters. The van der Waals surface area contributed by atoms with Crippen LogP contribution in [0, 0.1) is 12.3 Å². The van der Waals surface area contributed by atoms with Gasteiger partial charge in [-0.25, -0.2) is 8.78 Å². The normalized spacial score (nSPS) is 13.2. The molecule has 0 radical (unpaired) electrons. The quantitative estimate of drug-likeness (QED) is 0.395. The summed E-state index contributed by atoms with van der Waals surface area (Å²) in [5, 5.41) is 0. The molecule has 0 atom stereocenters. The van der Waals surface area contributed by atoms with Gasteiger partial charge in [0.15, 0.2) is 5.83 Å². The molecule has 1 aromatic carbocycles. The van der Waals surface area contributed by atoms with Crippen molar-refractivity contribution in [1.29, 1.82) is 0 Å². The monoisotopic (exact) mass is 280 g/mol. The van der Waals surface area contributed by atoms with Crippen LogP contribution in [0.2, 0.25) is 0 Å². The summed E-state index contributed by atoms with van der Waals surface area (Å²) >= 11 is 0. The van der Waals surface area contributed by atoms with Gasteiger partial charge in [-0.15, -0.1) is 6.42 Å². The highest BCUT2D eigenvalue weighted by atomic mass is 19.2. The molecule has 0 heterocycles. The van der Waals surface area contributed by atoms with Crippen LogP contribution < -0.4 is 0 Å². The second kappa shape index (κ2) is 7.34.